The first kappa shape index (κ1) is 11.2. The van der Waals surface area contributed by atoms with Crippen molar-refractivity contribution in [3.8, 4) is 5.75 Å². The summed E-state index contributed by atoms with van der Waals surface area (Å²) >= 11 is 0. The van der Waals surface area contributed by atoms with Crippen molar-refractivity contribution in [1.29, 1.82) is 0 Å². The fourth-order valence-electron chi connectivity index (χ4n) is 1.03. The van der Waals surface area contributed by atoms with Gasteiger partial charge in [-0.3, -0.25) is 0 Å². The second-order valence-corrected chi connectivity index (χ2v) is 3.08. The van der Waals surface area contributed by atoms with Gasteiger partial charge in [-0.25, -0.2) is 5.06 Å². The average molecular weight is 204 g/mol. The molecule has 1 aromatic rings. The lowest BCUT2D eigenvalue weighted by Gasteiger charge is -2.22. The molecular formula is C12H16N2O. The number of para-hydroxylation sites is 1. The molecule has 0 spiro atoms. The minimum Gasteiger partial charge on any atom is -0.387 e. The van der Waals surface area contributed by atoms with Crippen molar-refractivity contribution >= 4 is 0 Å². The molecule has 0 aliphatic heterocycles. The molecule has 0 saturated carbocycles. The topological polar surface area (TPSA) is 24.5 Å². The Kier molecular flexibility index (Phi) is 3.80. The Labute approximate surface area is 90.6 Å². The summed E-state index contributed by atoms with van der Waals surface area (Å²) in [6.45, 7) is 7.66. The average Bonchev–Trinajstić information content (AvgIpc) is 2.28. The van der Waals surface area contributed by atoms with Crippen LogP contribution in [0.4, 0.5) is 0 Å². The van der Waals surface area contributed by atoms with Crippen molar-refractivity contribution in [2.45, 2.75) is 0 Å². The van der Waals surface area contributed by atoms with Crippen LogP contribution in [0.3, 0.4) is 0 Å². The van der Waals surface area contributed by atoms with Crippen molar-refractivity contribution in [3.05, 3.63) is 54.9 Å². The third kappa shape index (κ3) is 3.06. The first-order valence-corrected chi connectivity index (χ1v) is 4.68. The summed E-state index contributed by atoms with van der Waals surface area (Å²) in [7, 11) is 3.59. The van der Waals surface area contributed by atoms with Gasteiger partial charge in [-0.05, 0) is 12.1 Å². The van der Waals surface area contributed by atoms with Crippen LogP contribution in [0.25, 0.3) is 0 Å². The number of hydrogen-bond donors (Lipinski definition) is 1. The van der Waals surface area contributed by atoms with Crippen LogP contribution in [0, 0.1) is 0 Å². The molecule has 3 nitrogen and oxygen atoms in total. The highest BCUT2D eigenvalue weighted by atomic mass is 16.7. The molecule has 1 N–H and O–H groups in total. The second kappa shape index (κ2) is 5.10. The fourth-order valence-corrected chi connectivity index (χ4v) is 1.03. The fraction of sp³-hybridized carbons (Fsp3) is 0.167. The summed E-state index contributed by atoms with van der Waals surface area (Å²) in [6.07, 6.45) is 0. The summed E-state index contributed by atoms with van der Waals surface area (Å²) in [5.74, 6) is 0.769. The monoisotopic (exact) mass is 204 g/mol. The Morgan fingerprint density at radius 3 is 2.40 bits per heavy atom. The lowest BCUT2D eigenvalue weighted by molar-refractivity contribution is 0.00863. The van der Waals surface area contributed by atoms with E-state index in [4.69, 9.17) is 4.84 Å². The second-order valence-electron chi connectivity index (χ2n) is 3.08. The molecule has 80 valence electrons. The predicted octanol–water partition coefficient (Wildman–Crippen LogP) is 2.16. The summed E-state index contributed by atoms with van der Waals surface area (Å²) < 4.78 is 0. The molecule has 1 aromatic carbocycles. The van der Waals surface area contributed by atoms with Crippen molar-refractivity contribution in [2.24, 2.45) is 0 Å². The van der Waals surface area contributed by atoms with Gasteiger partial charge >= 0.3 is 0 Å². The highest BCUT2D eigenvalue weighted by Gasteiger charge is 2.06. The maximum atomic E-state index is 5.53. The van der Waals surface area contributed by atoms with Crippen LogP contribution in [0.2, 0.25) is 0 Å². The summed E-state index contributed by atoms with van der Waals surface area (Å²) in [4.78, 5) is 5.53. The quantitative estimate of drug-likeness (QED) is 0.587. The number of likely N-dealkylation sites (N-methyl/N-ethyl adjacent to an activating group) is 2. The number of hydrogen-bond acceptors (Lipinski definition) is 3. The van der Waals surface area contributed by atoms with Crippen LogP contribution in [-0.4, -0.2) is 19.2 Å². The number of nitrogens with zero attached hydrogens (tertiary/aromatic N) is 1. The first-order chi connectivity index (χ1) is 7.15. The van der Waals surface area contributed by atoms with Gasteiger partial charge in [0.15, 0.2) is 5.75 Å². The molecule has 0 heterocycles. The van der Waals surface area contributed by atoms with Gasteiger partial charge in [0.05, 0.1) is 11.4 Å². The Morgan fingerprint density at radius 1 is 1.27 bits per heavy atom. The zero-order valence-electron chi connectivity index (χ0n) is 9.16. The minimum atomic E-state index is 0.696. The van der Waals surface area contributed by atoms with Crippen LogP contribution >= 0.6 is 0 Å². The van der Waals surface area contributed by atoms with Gasteiger partial charge in [0.2, 0.25) is 0 Å². The van der Waals surface area contributed by atoms with E-state index in [-0.39, 0.29) is 0 Å². The van der Waals surface area contributed by atoms with Crippen LogP contribution < -0.4 is 10.2 Å². The Bertz CT molecular complexity index is 346. The van der Waals surface area contributed by atoms with Crippen LogP contribution in [-0.2, 0) is 0 Å². The molecule has 0 saturated heterocycles. The number of nitrogens with one attached hydrogen (secondary N) is 1. The van der Waals surface area contributed by atoms with E-state index in [2.05, 4.69) is 18.5 Å². The Morgan fingerprint density at radius 2 is 1.87 bits per heavy atom. The predicted molar refractivity (Wildman–Crippen MR) is 62.2 cm³/mol. The maximum Gasteiger partial charge on any atom is 0.155 e. The van der Waals surface area contributed by atoms with Crippen LogP contribution in [0.5, 0.6) is 5.75 Å². The molecular weight excluding hydrogens is 188 g/mol. The van der Waals surface area contributed by atoms with E-state index >= 15 is 0 Å². The van der Waals surface area contributed by atoms with Gasteiger partial charge < -0.3 is 10.2 Å². The van der Waals surface area contributed by atoms with Gasteiger partial charge in [0.25, 0.3) is 0 Å². The van der Waals surface area contributed by atoms with Gasteiger partial charge in [-0.1, -0.05) is 31.4 Å². The number of benzene rings is 1. The van der Waals surface area contributed by atoms with E-state index in [0.717, 1.165) is 11.4 Å². The normalized spacial score (nSPS) is 9.20. The van der Waals surface area contributed by atoms with E-state index in [1.807, 2.05) is 30.3 Å². The Hall–Kier alpha value is -1.90. The molecule has 0 amide bonds. The molecule has 15 heavy (non-hydrogen) atoms. The van der Waals surface area contributed by atoms with Gasteiger partial charge in [-0.2, -0.15) is 0 Å². The molecule has 0 radical (unpaired) electrons. The van der Waals surface area contributed by atoms with E-state index < -0.39 is 0 Å². The van der Waals surface area contributed by atoms with Gasteiger partial charge in [0, 0.05) is 14.1 Å². The van der Waals surface area contributed by atoms with Crippen molar-refractivity contribution < 1.29 is 4.84 Å². The van der Waals surface area contributed by atoms with Crippen molar-refractivity contribution in [2.75, 3.05) is 14.1 Å². The highest BCUT2D eigenvalue weighted by molar-refractivity contribution is 5.24. The zero-order chi connectivity index (χ0) is 11.3. The lowest BCUT2D eigenvalue weighted by Crippen LogP contribution is -2.25. The third-order valence-corrected chi connectivity index (χ3v) is 2.02. The molecule has 0 atom stereocenters. The number of hydroxylamine groups is 2. The largest absolute Gasteiger partial charge is 0.387 e. The molecule has 1 rings (SSSR count). The van der Waals surface area contributed by atoms with E-state index in [9.17, 15) is 0 Å². The van der Waals surface area contributed by atoms with Crippen LogP contribution in [0.1, 0.15) is 0 Å². The maximum absolute atomic E-state index is 5.53. The SMILES string of the molecule is C=C(NC)C(=C)N(C)Oc1ccccc1. The summed E-state index contributed by atoms with van der Waals surface area (Å²) in [5, 5.41) is 4.49. The van der Waals surface area contributed by atoms with E-state index in [1.54, 1.807) is 19.2 Å². The van der Waals surface area contributed by atoms with Crippen LogP contribution in [0.15, 0.2) is 54.9 Å². The molecule has 3 heteroatoms. The van der Waals surface area contributed by atoms with Crippen molar-refractivity contribution in [3.63, 3.8) is 0 Å². The smallest absolute Gasteiger partial charge is 0.155 e. The van der Waals surface area contributed by atoms with E-state index in [0.29, 0.717) is 5.70 Å². The first-order valence-electron chi connectivity index (χ1n) is 4.68. The number of rotatable bonds is 5. The summed E-state index contributed by atoms with van der Waals surface area (Å²) in [6, 6.07) is 9.53. The minimum absolute atomic E-state index is 0.696. The van der Waals surface area contributed by atoms with Crippen molar-refractivity contribution in [1.82, 2.24) is 10.4 Å². The zero-order valence-corrected chi connectivity index (χ0v) is 9.16. The van der Waals surface area contributed by atoms with Gasteiger partial charge in [-0.15, -0.1) is 0 Å². The molecule has 0 aromatic heterocycles. The van der Waals surface area contributed by atoms with E-state index in [1.165, 1.54) is 0 Å². The third-order valence-electron chi connectivity index (χ3n) is 2.02. The standard InChI is InChI=1S/C12H16N2O/c1-10(13-3)11(2)14(4)15-12-8-6-5-7-9-12/h5-9,13H,1-2H2,3-4H3. The Balaban J connectivity index is 2.60. The highest BCUT2D eigenvalue weighted by Crippen LogP contribution is 2.13. The molecule has 0 aliphatic carbocycles. The molecule has 0 fully saturated rings. The van der Waals surface area contributed by atoms with Gasteiger partial charge in [0.1, 0.15) is 0 Å². The molecule has 0 bridgehead atoms. The summed E-state index contributed by atoms with van der Waals surface area (Å²) in [5.41, 5.74) is 1.43. The lowest BCUT2D eigenvalue weighted by atomic mass is 10.3. The molecule has 0 aliphatic rings. The molecule has 0 unspecified atom stereocenters.